The highest BCUT2D eigenvalue weighted by Crippen LogP contribution is 2.16. The lowest BCUT2D eigenvalue weighted by Crippen LogP contribution is -2.37. The normalized spacial score (nSPS) is 20.2. The molecule has 1 atom stereocenters. The van der Waals surface area contributed by atoms with Crippen LogP contribution in [0.3, 0.4) is 0 Å². The maximum Gasteiger partial charge on any atom is 0.169 e. The summed E-state index contributed by atoms with van der Waals surface area (Å²) in [5, 5.41) is 34.2. The molecule has 0 spiro atoms. The van der Waals surface area contributed by atoms with Gasteiger partial charge in [0.05, 0.1) is 19.2 Å². The maximum absolute atomic E-state index is 9.75. The summed E-state index contributed by atoms with van der Waals surface area (Å²) < 4.78 is 5.88. The van der Waals surface area contributed by atoms with Gasteiger partial charge in [-0.25, -0.2) is 0 Å². The summed E-state index contributed by atoms with van der Waals surface area (Å²) in [6.45, 7) is 6.05. The van der Waals surface area contributed by atoms with Crippen LogP contribution >= 0.6 is 0 Å². The van der Waals surface area contributed by atoms with Gasteiger partial charge in [0.25, 0.3) is 0 Å². The predicted molar refractivity (Wildman–Crippen MR) is 98.8 cm³/mol. The van der Waals surface area contributed by atoms with Crippen molar-refractivity contribution in [1.29, 1.82) is 10.5 Å². The van der Waals surface area contributed by atoms with E-state index in [1.165, 1.54) is 0 Å². The molecule has 2 aliphatic heterocycles. The summed E-state index contributed by atoms with van der Waals surface area (Å²) >= 11 is 0. The van der Waals surface area contributed by atoms with E-state index in [2.05, 4.69) is 15.5 Å². The average molecular weight is 370 g/mol. The minimum Gasteiger partial charge on any atom is -0.463 e. The van der Waals surface area contributed by atoms with Crippen LogP contribution in [-0.2, 0) is 13.1 Å². The number of β-amino-alcohol motifs (C(OH)–C–C–N with tert-alkyl or cyclic N) is 1. The maximum atomic E-state index is 9.75. The third-order valence-corrected chi connectivity index (χ3v) is 4.89. The van der Waals surface area contributed by atoms with Gasteiger partial charge in [-0.1, -0.05) is 0 Å². The third kappa shape index (κ3) is 5.24. The van der Waals surface area contributed by atoms with Gasteiger partial charge in [0.15, 0.2) is 5.57 Å². The number of aliphatic hydroxyl groups excluding tert-OH is 1. The monoisotopic (exact) mass is 370 g/mol. The summed E-state index contributed by atoms with van der Waals surface area (Å²) in [5.74, 6) is 2.43. The molecule has 27 heavy (non-hydrogen) atoms. The minimum absolute atomic E-state index is 0.131. The summed E-state index contributed by atoms with van der Waals surface area (Å²) in [4.78, 5) is 4.24. The highest BCUT2D eigenvalue weighted by Gasteiger charge is 2.20. The summed E-state index contributed by atoms with van der Waals surface area (Å²) in [6, 6.07) is 7.85. The van der Waals surface area contributed by atoms with E-state index in [4.69, 9.17) is 14.9 Å². The summed E-state index contributed by atoms with van der Waals surface area (Å²) in [7, 11) is 0. The number of allylic oxidation sites excluding steroid dienone is 1. The Morgan fingerprint density at radius 2 is 2.11 bits per heavy atom. The van der Waals surface area contributed by atoms with E-state index < -0.39 is 0 Å². The van der Waals surface area contributed by atoms with Crippen LogP contribution in [0.1, 0.15) is 24.4 Å². The first kappa shape index (κ1) is 19.2. The Hall–Kier alpha value is -2.52. The Bertz CT molecular complexity index is 728. The SMILES string of the molecule is N#CC(C#N)=C1NCCN1CCNCc1ccc(CN2CCCC(O)C2)o1. The van der Waals surface area contributed by atoms with Gasteiger partial charge in [-0.3, -0.25) is 4.90 Å². The first-order chi connectivity index (χ1) is 13.2. The Kier molecular flexibility index (Phi) is 6.72. The van der Waals surface area contributed by atoms with Crippen molar-refractivity contribution in [3.8, 4) is 12.1 Å². The first-order valence-electron chi connectivity index (χ1n) is 9.41. The number of nitriles is 2. The quantitative estimate of drug-likeness (QED) is 0.470. The molecule has 0 saturated carbocycles. The second-order valence-electron chi connectivity index (χ2n) is 6.94. The summed E-state index contributed by atoms with van der Waals surface area (Å²) in [5.41, 5.74) is 0.131. The van der Waals surface area contributed by atoms with Crippen molar-refractivity contribution < 1.29 is 9.52 Å². The van der Waals surface area contributed by atoms with Crippen molar-refractivity contribution in [1.82, 2.24) is 20.4 Å². The molecule has 2 aliphatic rings. The van der Waals surface area contributed by atoms with E-state index in [0.717, 1.165) is 57.1 Å². The average Bonchev–Trinajstić information content (AvgIpc) is 3.30. The largest absolute Gasteiger partial charge is 0.463 e. The lowest BCUT2D eigenvalue weighted by Gasteiger charge is -2.29. The summed E-state index contributed by atoms with van der Waals surface area (Å²) in [6.07, 6.45) is 1.69. The minimum atomic E-state index is -0.226. The van der Waals surface area contributed by atoms with Crippen molar-refractivity contribution in [3.63, 3.8) is 0 Å². The molecule has 3 rings (SSSR count). The number of likely N-dealkylation sites (tertiary alicyclic amines) is 1. The number of rotatable bonds is 7. The lowest BCUT2D eigenvalue weighted by molar-refractivity contribution is 0.0631. The number of nitrogens with zero attached hydrogens (tertiary/aromatic N) is 4. The van der Waals surface area contributed by atoms with Crippen LogP contribution in [-0.4, -0.2) is 60.3 Å². The second kappa shape index (κ2) is 9.43. The molecule has 0 aliphatic carbocycles. The molecule has 8 heteroatoms. The highest BCUT2D eigenvalue weighted by atomic mass is 16.3. The number of hydrogen-bond acceptors (Lipinski definition) is 8. The Morgan fingerprint density at radius 1 is 1.30 bits per heavy atom. The number of furan rings is 1. The molecule has 2 saturated heterocycles. The van der Waals surface area contributed by atoms with Crippen molar-refractivity contribution in [2.75, 3.05) is 39.3 Å². The molecule has 3 N–H and O–H groups in total. The Balaban J connectivity index is 1.41. The van der Waals surface area contributed by atoms with Gasteiger partial charge in [-0.05, 0) is 31.5 Å². The molecule has 144 valence electrons. The zero-order chi connectivity index (χ0) is 19.1. The van der Waals surface area contributed by atoms with Gasteiger partial charge in [-0.15, -0.1) is 0 Å². The van der Waals surface area contributed by atoms with E-state index in [0.29, 0.717) is 25.5 Å². The zero-order valence-electron chi connectivity index (χ0n) is 15.4. The first-order valence-corrected chi connectivity index (χ1v) is 9.41. The topological polar surface area (TPSA) is 111 Å². The number of nitrogens with one attached hydrogen (secondary N) is 2. The van der Waals surface area contributed by atoms with Crippen LogP contribution in [0.4, 0.5) is 0 Å². The molecule has 1 aromatic heterocycles. The van der Waals surface area contributed by atoms with Gasteiger partial charge in [0, 0.05) is 32.7 Å². The number of piperidine rings is 1. The Morgan fingerprint density at radius 3 is 2.89 bits per heavy atom. The van der Waals surface area contributed by atoms with Gasteiger partial charge >= 0.3 is 0 Å². The van der Waals surface area contributed by atoms with Gasteiger partial charge in [0.2, 0.25) is 0 Å². The van der Waals surface area contributed by atoms with Crippen LogP contribution in [0, 0.1) is 22.7 Å². The molecule has 1 aromatic rings. The number of hydrogen-bond donors (Lipinski definition) is 3. The second-order valence-corrected chi connectivity index (χ2v) is 6.94. The molecule has 3 heterocycles. The molecular weight excluding hydrogens is 344 g/mol. The van der Waals surface area contributed by atoms with E-state index in [-0.39, 0.29) is 11.7 Å². The van der Waals surface area contributed by atoms with Gasteiger partial charge in [-0.2, -0.15) is 10.5 Å². The fraction of sp³-hybridized carbons (Fsp3) is 0.579. The molecule has 0 bridgehead atoms. The van der Waals surface area contributed by atoms with Crippen molar-refractivity contribution in [3.05, 3.63) is 35.0 Å². The molecule has 0 aromatic carbocycles. The molecule has 8 nitrogen and oxygen atoms in total. The molecule has 1 unspecified atom stereocenters. The van der Waals surface area contributed by atoms with E-state index in [9.17, 15) is 5.11 Å². The van der Waals surface area contributed by atoms with E-state index in [1.807, 2.05) is 29.2 Å². The zero-order valence-corrected chi connectivity index (χ0v) is 15.4. The fourth-order valence-electron chi connectivity index (χ4n) is 3.56. The molecular formula is C19H26N6O2. The van der Waals surface area contributed by atoms with Crippen LogP contribution < -0.4 is 10.6 Å². The smallest absolute Gasteiger partial charge is 0.169 e. The highest BCUT2D eigenvalue weighted by molar-refractivity contribution is 5.39. The van der Waals surface area contributed by atoms with Gasteiger partial charge in [0.1, 0.15) is 29.5 Å². The lowest BCUT2D eigenvalue weighted by atomic mass is 10.1. The Labute approximate surface area is 159 Å². The van der Waals surface area contributed by atoms with E-state index >= 15 is 0 Å². The van der Waals surface area contributed by atoms with Gasteiger partial charge < -0.3 is 25.1 Å². The fourth-order valence-corrected chi connectivity index (χ4v) is 3.56. The number of aliphatic hydroxyl groups is 1. The van der Waals surface area contributed by atoms with Crippen LogP contribution in [0.2, 0.25) is 0 Å². The molecule has 0 radical (unpaired) electrons. The van der Waals surface area contributed by atoms with Crippen molar-refractivity contribution in [2.24, 2.45) is 0 Å². The van der Waals surface area contributed by atoms with Crippen LogP contribution in [0.5, 0.6) is 0 Å². The van der Waals surface area contributed by atoms with Crippen molar-refractivity contribution >= 4 is 0 Å². The van der Waals surface area contributed by atoms with E-state index in [1.54, 1.807) is 0 Å². The standard InChI is InChI=1S/C19H26N6O2/c20-10-15(11-21)19-23-6-9-25(19)8-5-22-12-17-3-4-18(27-17)14-24-7-1-2-16(26)13-24/h3-4,16,22-23,26H,1-2,5-9,12-14H2. The van der Waals surface area contributed by atoms with Crippen molar-refractivity contribution in [2.45, 2.75) is 32.0 Å². The van der Waals surface area contributed by atoms with Crippen LogP contribution in [0.15, 0.2) is 27.9 Å². The third-order valence-electron chi connectivity index (χ3n) is 4.89. The molecule has 2 fully saturated rings. The predicted octanol–water partition coefficient (Wildman–Crippen LogP) is 0.490. The van der Waals surface area contributed by atoms with Crippen LogP contribution in [0.25, 0.3) is 0 Å². The molecule has 0 amide bonds.